The van der Waals surface area contributed by atoms with E-state index in [4.69, 9.17) is 4.74 Å². The number of ether oxygens (including phenoxy) is 1. The van der Waals surface area contributed by atoms with Gasteiger partial charge in [0.2, 0.25) is 5.75 Å². The van der Waals surface area contributed by atoms with Crippen molar-refractivity contribution in [1.82, 2.24) is 0 Å². The Morgan fingerprint density at radius 2 is 1.95 bits per heavy atom. The van der Waals surface area contributed by atoms with Crippen molar-refractivity contribution in [2.24, 2.45) is 0 Å². The monoisotopic (exact) mass is 275 g/mol. The summed E-state index contributed by atoms with van der Waals surface area (Å²) < 4.78 is 18.9. The molecule has 0 aliphatic heterocycles. The SMILES string of the molecule is Cc1cccc([N+](=O)[O-])c1Oc1cccc(F)c1C=O. The first-order chi connectivity index (χ1) is 9.54. The van der Waals surface area contributed by atoms with Crippen LogP contribution in [0.2, 0.25) is 0 Å². The van der Waals surface area contributed by atoms with Gasteiger partial charge in [0.25, 0.3) is 0 Å². The van der Waals surface area contributed by atoms with Gasteiger partial charge < -0.3 is 4.74 Å². The van der Waals surface area contributed by atoms with Gasteiger partial charge in [-0.05, 0) is 24.6 Å². The quantitative estimate of drug-likeness (QED) is 0.485. The fourth-order valence-corrected chi connectivity index (χ4v) is 1.74. The number of halogens is 1. The third-order valence-electron chi connectivity index (χ3n) is 2.73. The number of para-hydroxylation sites is 1. The van der Waals surface area contributed by atoms with E-state index in [1.54, 1.807) is 13.0 Å². The van der Waals surface area contributed by atoms with Crippen LogP contribution in [0, 0.1) is 22.9 Å². The smallest absolute Gasteiger partial charge is 0.311 e. The molecule has 0 aliphatic rings. The average molecular weight is 275 g/mol. The lowest BCUT2D eigenvalue weighted by atomic mass is 10.1. The van der Waals surface area contributed by atoms with Crippen LogP contribution in [0.15, 0.2) is 36.4 Å². The number of carbonyl (C=O) groups is 1. The molecule has 2 rings (SSSR count). The fourth-order valence-electron chi connectivity index (χ4n) is 1.74. The van der Waals surface area contributed by atoms with Gasteiger partial charge in [0.15, 0.2) is 6.29 Å². The second kappa shape index (κ2) is 5.48. The molecule has 0 aliphatic carbocycles. The highest BCUT2D eigenvalue weighted by atomic mass is 19.1. The molecule has 6 heteroatoms. The summed E-state index contributed by atoms with van der Waals surface area (Å²) in [6, 6.07) is 8.28. The number of nitro benzene ring substituents is 1. The van der Waals surface area contributed by atoms with Crippen molar-refractivity contribution in [2.75, 3.05) is 0 Å². The predicted octanol–water partition coefficient (Wildman–Crippen LogP) is 3.65. The molecule has 0 N–H and O–H groups in total. The molecule has 5 nitrogen and oxygen atoms in total. The molecular formula is C14H10FNO4. The summed E-state index contributed by atoms with van der Waals surface area (Å²) in [5.41, 5.74) is -0.00327. The first-order valence-corrected chi connectivity index (χ1v) is 5.70. The lowest BCUT2D eigenvalue weighted by Gasteiger charge is -2.10. The van der Waals surface area contributed by atoms with Gasteiger partial charge in [-0.15, -0.1) is 0 Å². The number of aryl methyl sites for hydroxylation is 1. The van der Waals surface area contributed by atoms with Gasteiger partial charge in [-0.25, -0.2) is 4.39 Å². The van der Waals surface area contributed by atoms with E-state index in [0.29, 0.717) is 11.8 Å². The third-order valence-corrected chi connectivity index (χ3v) is 2.73. The van der Waals surface area contributed by atoms with Crippen molar-refractivity contribution in [3.8, 4) is 11.5 Å². The number of benzene rings is 2. The molecule has 2 aromatic carbocycles. The van der Waals surface area contributed by atoms with Crippen molar-refractivity contribution >= 4 is 12.0 Å². The zero-order valence-electron chi connectivity index (χ0n) is 10.5. The van der Waals surface area contributed by atoms with Crippen LogP contribution in [0.5, 0.6) is 11.5 Å². The largest absolute Gasteiger partial charge is 0.449 e. The van der Waals surface area contributed by atoms with E-state index < -0.39 is 10.7 Å². The maximum atomic E-state index is 13.5. The van der Waals surface area contributed by atoms with Crippen LogP contribution in [0.3, 0.4) is 0 Å². The lowest BCUT2D eigenvalue weighted by molar-refractivity contribution is -0.385. The minimum Gasteiger partial charge on any atom is -0.449 e. The summed E-state index contributed by atoms with van der Waals surface area (Å²) in [7, 11) is 0. The summed E-state index contributed by atoms with van der Waals surface area (Å²) in [5.74, 6) is -0.808. The van der Waals surface area contributed by atoms with Gasteiger partial charge in [-0.1, -0.05) is 18.2 Å². The highest BCUT2D eigenvalue weighted by molar-refractivity contribution is 5.80. The Bertz CT molecular complexity index is 685. The maximum Gasteiger partial charge on any atom is 0.311 e. The van der Waals surface area contributed by atoms with Crippen LogP contribution in [0.25, 0.3) is 0 Å². The number of hydrogen-bond donors (Lipinski definition) is 0. The highest BCUT2D eigenvalue weighted by Gasteiger charge is 2.19. The van der Waals surface area contributed by atoms with Crippen molar-refractivity contribution in [1.29, 1.82) is 0 Å². The summed E-state index contributed by atoms with van der Waals surface area (Å²) in [5, 5.41) is 11.0. The van der Waals surface area contributed by atoms with E-state index in [1.807, 2.05) is 0 Å². The molecule has 0 saturated heterocycles. The molecule has 2 aromatic rings. The van der Waals surface area contributed by atoms with Crippen LogP contribution < -0.4 is 4.74 Å². The molecule has 0 spiro atoms. The summed E-state index contributed by atoms with van der Waals surface area (Å²) in [6.07, 6.45) is 0.314. The van der Waals surface area contributed by atoms with Crippen molar-refractivity contribution in [3.63, 3.8) is 0 Å². The van der Waals surface area contributed by atoms with Gasteiger partial charge >= 0.3 is 5.69 Å². The molecule has 0 aromatic heterocycles. The number of rotatable bonds is 4. The Balaban J connectivity index is 2.53. The van der Waals surface area contributed by atoms with E-state index in [1.165, 1.54) is 24.3 Å². The summed E-state index contributed by atoms with van der Waals surface area (Å²) >= 11 is 0. The van der Waals surface area contributed by atoms with Gasteiger partial charge in [-0.2, -0.15) is 0 Å². The van der Waals surface area contributed by atoms with E-state index in [0.717, 1.165) is 6.07 Å². The van der Waals surface area contributed by atoms with Gasteiger partial charge in [0.05, 0.1) is 10.5 Å². The van der Waals surface area contributed by atoms with E-state index >= 15 is 0 Å². The summed E-state index contributed by atoms with van der Waals surface area (Å²) in [4.78, 5) is 21.3. The zero-order valence-corrected chi connectivity index (χ0v) is 10.5. The Morgan fingerprint density at radius 3 is 2.60 bits per heavy atom. The Hall–Kier alpha value is -2.76. The van der Waals surface area contributed by atoms with Crippen molar-refractivity contribution in [3.05, 3.63) is 63.5 Å². The second-order valence-electron chi connectivity index (χ2n) is 4.05. The van der Waals surface area contributed by atoms with E-state index in [9.17, 15) is 19.3 Å². The molecule has 0 amide bonds. The molecule has 102 valence electrons. The Labute approximate surface area is 113 Å². The average Bonchev–Trinajstić information content (AvgIpc) is 2.41. The predicted molar refractivity (Wildman–Crippen MR) is 69.7 cm³/mol. The number of nitro groups is 1. The lowest BCUT2D eigenvalue weighted by Crippen LogP contribution is -1.98. The standard InChI is InChI=1S/C14H10FNO4/c1-9-4-2-6-12(16(18)19)14(9)20-13-7-3-5-11(15)10(13)8-17/h2-8H,1H3. The zero-order chi connectivity index (χ0) is 14.7. The molecular weight excluding hydrogens is 265 g/mol. The van der Waals surface area contributed by atoms with Gasteiger partial charge in [0.1, 0.15) is 11.6 Å². The van der Waals surface area contributed by atoms with E-state index in [2.05, 4.69) is 0 Å². The summed E-state index contributed by atoms with van der Waals surface area (Å²) in [6.45, 7) is 1.63. The van der Waals surface area contributed by atoms with Crippen LogP contribution >= 0.6 is 0 Å². The van der Waals surface area contributed by atoms with Crippen LogP contribution in [-0.2, 0) is 0 Å². The molecule has 0 heterocycles. The van der Waals surface area contributed by atoms with Crippen LogP contribution in [0.1, 0.15) is 15.9 Å². The third kappa shape index (κ3) is 2.49. The Kier molecular flexibility index (Phi) is 3.74. The molecule has 0 unspecified atom stereocenters. The Morgan fingerprint density at radius 1 is 1.25 bits per heavy atom. The fraction of sp³-hybridized carbons (Fsp3) is 0.0714. The van der Waals surface area contributed by atoms with Crippen LogP contribution in [-0.4, -0.2) is 11.2 Å². The number of nitrogens with zero attached hydrogens (tertiary/aromatic N) is 1. The highest BCUT2D eigenvalue weighted by Crippen LogP contribution is 2.35. The molecule has 0 saturated carbocycles. The van der Waals surface area contributed by atoms with Crippen LogP contribution in [0.4, 0.5) is 10.1 Å². The van der Waals surface area contributed by atoms with Crippen molar-refractivity contribution < 1.29 is 18.8 Å². The first kappa shape index (κ1) is 13.7. The van der Waals surface area contributed by atoms with E-state index in [-0.39, 0.29) is 22.7 Å². The second-order valence-corrected chi connectivity index (χ2v) is 4.05. The molecule has 0 bridgehead atoms. The first-order valence-electron chi connectivity index (χ1n) is 5.70. The van der Waals surface area contributed by atoms with Gasteiger partial charge in [-0.3, -0.25) is 14.9 Å². The molecule has 20 heavy (non-hydrogen) atoms. The molecule has 0 radical (unpaired) electrons. The van der Waals surface area contributed by atoms with Crippen molar-refractivity contribution in [2.45, 2.75) is 6.92 Å². The number of carbonyl (C=O) groups excluding carboxylic acids is 1. The number of hydrogen-bond acceptors (Lipinski definition) is 4. The minimum absolute atomic E-state index is 0.00815. The number of aldehydes is 1. The molecule has 0 atom stereocenters. The maximum absolute atomic E-state index is 13.5. The van der Waals surface area contributed by atoms with Gasteiger partial charge in [0, 0.05) is 6.07 Å². The normalized spacial score (nSPS) is 10.1. The topological polar surface area (TPSA) is 69.4 Å². The minimum atomic E-state index is -0.742. The molecule has 0 fully saturated rings.